The monoisotopic (exact) mass is 428 g/mol. The third-order valence-electron chi connectivity index (χ3n) is 4.51. The topological polar surface area (TPSA) is 121 Å². The molecule has 32 heavy (non-hydrogen) atoms. The van der Waals surface area contributed by atoms with Crippen molar-refractivity contribution in [3.8, 4) is 11.3 Å². The zero-order chi connectivity index (χ0) is 22.3. The Morgan fingerprint density at radius 3 is 2.62 bits per heavy atom. The number of hydrogen-bond acceptors (Lipinski definition) is 6. The molecule has 0 aliphatic rings. The number of urea groups is 1. The lowest BCUT2D eigenvalue weighted by molar-refractivity contribution is 0.0602. The van der Waals surface area contributed by atoms with Gasteiger partial charge in [0.15, 0.2) is 0 Å². The Labute approximate surface area is 183 Å². The first-order chi connectivity index (χ1) is 15.6. The van der Waals surface area contributed by atoms with Gasteiger partial charge in [-0.15, -0.1) is 0 Å². The predicted octanol–water partition coefficient (Wildman–Crippen LogP) is 4.65. The lowest BCUT2D eigenvalue weighted by Crippen LogP contribution is -2.21. The summed E-state index contributed by atoms with van der Waals surface area (Å²) in [5, 5.41) is 8.55. The fraction of sp³-hybridized carbons (Fsp3) is 0.0435. The molecular weight excluding hydrogens is 408 g/mol. The van der Waals surface area contributed by atoms with Crippen LogP contribution in [-0.4, -0.2) is 34.1 Å². The third kappa shape index (κ3) is 4.90. The largest absolute Gasteiger partial charge is 0.465 e. The second-order valence-electron chi connectivity index (χ2n) is 6.69. The number of aromatic nitrogens is 3. The third-order valence-corrected chi connectivity index (χ3v) is 4.51. The van der Waals surface area contributed by atoms with Crippen LogP contribution in [0.3, 0.4) is 0 Å². The van der Waals surface area contributed by atoms with Gasteiger partial charge in [0.05, 0.1) is 24.1 Å². The van der Waals surface area contributed by atoms with E-state index in [1.165, 1.54) is 7.11 Å². The molecule has 0 aliphatic heterocycles. The van der Waals surface area contributed by atoms with E-state index in [1.54, 1.807) is 48.7 Å². The van der Waals surface area contributed by atoms with Crippen molar-refractivity contribution in [1.29, 1.82) is 0 Å². The maximum absolute atomic E-state index is 12.5. The number of carbonyl (C=O) groups excluding carboxylic acids is 2. The zero-order valence-electron chi connectivity index (χ0n) is 17.1. The van der Waals surface area contributed by atoms with E-state index in [0.717, 1.165) is 11.3 Å². The van der Waals surface area contributed by atoms with Gasteiger partial charge in [-0.1, -0.05) is 18.2 Å². The summed E-state index contributed by atoms with van der Waals surface area (Å²) >= 11 is 0. The molecule has 2 amide bonds. The fourth-order valence-electron chi connectivity index (χ4n) is 3.03. The van der Waals surface area contributed by atoms with E-state index >= 15 is 0 Å². The van der Waals surface area contributed by atoms with Crippen LogP contribution in [0.25, 0.3) is 11.3 Å². The Kier molecular flexibility index (Phi) is 6.08. The van der Waals surface area contributed by atoms with Crippen molar-refractivity contribution in [3.05, 3.63) is 84.8 Å². The molecule has 2 heterocycles. The number of esters is 1. The number of nitrogens with one attached hydrogen (secondary N) is 4. The second-order valence-corrected chi connectivity index (χ2v) is 6.69. The summed E-state index contributed by atoms with van der Waals surface area (Å²) < 4.78 is 4.75. The summed E-state index contributed by atoms with van der Waals surface area (Å²) in [7, 11) is 1.29. The summed E-state index contributed by atoms with van der Waals surface area (Å²) in [6, 6.07) is 17.0. The second kappa shape index (κ2) is 9.43. The van der Waals surface area contributed by atoms with Gasteiger partial charge in [0.2, 0.25) is 5.95 Å². The quantitative estimate of drug-likeness (QED) is 0.332. The van der Waals surface area contributed by atoms with Crippen LogP contribution in [0.5, 0.6) is 0 Å². The normalized spacial score (nSPS) is 10.3. The molecule has 4 N–H and O–H groups in total. The summed E-state index contributed by atoms with van der Waals surface area (Å²) in [6.45, 7) is 0. The van der Waals surface area contributed by atoms with Crippen molar-refractivity contribution < 1.29 is 14.3 Å². The lowest BCUT2D eigenvalue weighted by atomic mass is 10.2. The van der Waals surface area contributed by atoms with Crippen molar-refractivity contribution in [2.24, 2.45) is 0 Å². The molecule has 0 saturated carbocycles. The maximum atomic E-state index is 12.5. The first kappa shape index (κ1) is 20.6. The number of benzene rings is 2. The fourth-order valence-corrected chi connectivity index (χ4v) is 3.03. The van der Waals surface area contributed by atoms with Crippen LogP contribution >= 0.6 is 0 Å². The summed E-state index contributed by atoms with van der Waals surface area (Å²) in [5.74, 6) is -0.105. The minimum atomic E-state index is -0.533. The number of hydrogen-bond donors (Lipinski definition) is 4. The van der Waals surface area contributed by atoms with Crippen LogP contribution in [0, 0.1) is 0 Å². The van der Waals surface area contributed by atoms with E-state index < -0.39 is 12.0 Å². The number of nitrogens with zero attached hydrogens (tertiary/aromatic N) is 2. The van der Waals surface area contributed by atoms with Gasteiger partial charge in [-0.25, -0.2) is 19.6 Å². The first-order valence-corrected chi connectivity index (χ1v) is 9.71. The molecule has 0 atom stereocenters. The Morgan fingerprint density at radius 1 is 0.969 bits per heavy atom. The van der Waals surface area contributed by atoms with E-state index in [9.17, 15) is 9.59 Å². The number of aromatic amines is 1. The van der Waals surface area contributed by atoms with Gasteiger partial charge in [0, 0.05) is 35.5 Å². The molecule has 0 spiro atoms. The van der Waals surface area contributed by atoms with Gasteiger partial charge in [-0.2, -0.15) is 0 Å². The SMILES string of the molecule is COC(=O)c1ccccc1NC(=O)Nc1cccc(Nc2nccc(-c3cc[nH]c3)n2)c1. The molecule has 2 aromatic heterocycles. The molecule has 0 unspecified atom stereocenters. The van der Waals surface area contributed by atoms with E-state index in [4.69, 9.17) is 4.74 Å². The van der Waals surface area contributed by atoms with Crippen LogP contribution in [-0.2, 0) is 4.74 Å². The molecule has 0 radical (unpaired) electrons. The summed E-state index contributed by atoms with van der Waals surface area (Å²) in [4.78, 5) is 36.1. The molecule has 160 valence electrons. The summed E-state index contributed by atoms with van der Waals surface area (Å²) in [5.41, 5.74) is 3.59. The van der Waals surface area contributed by atoms with Crippen molar-refractivity contribution in [2.75, 3.05) is 23.1 Å². The van der Waals surface area contributed by atoms with Gasteiger partial charge in [-0.05, 0) is 42.5 Å². The van der Waals surface area contributed by atoms with Crippen LogP contribution in [0.4, 0.5) is 27.8 Å². The maximum Gasteiger partial charge on any atom is 0.339 e. The van der Waals surface area contributed by atoms with Gasteiger partial charge in [0.25, 0.3) is 0 Å². The van der Waals surface area contributed by atoms with Crippen LogP contribution < -0.4 is 16.0 Å². The molecule has 0 saturated heterocycles. The number of carbonyl (C=O) groups is 2. The highest BCUT2D eigenvalue weighted by Gasteiger charge is 2.13. The predicted molar refractivity (Wildman–Crippen MR) is 122 cm³/mol. The molecule has 0 fully saturated rings. The number of H-pyrrole nitrogens is 1. The van der Waals surface area contributed by atoms with Gasteiger partial charge in [-0.3, -0.25) is 0 Å². The molecule has 2 aromatic carbocycles. The molecular formula is C23H20N6O3. The standard InChI is InChI=1S/C23H20N6O3/c1-32-21(30)18-7-2-3-8-20(18)29-23(31)27-17-6-4-5-16(13-17)26-22-25-12-10-19(28-22)15-9-11-24-14-15/h2-14,24H,1H3,(H,25,26,28)(H2,27,29,31). The van der Waals surface area contributed by atoms with Crippen LogP contribution in [0.15, 0.2) is 79.3 Å². The average molecular weight is 428 g/mol. The number of para-hydroxylation sites is 1. The Morgan fingerprint density at radius 2 is 1.81 bits per heavy atom. The zero-order valence-corrected chi connectivity index (χ0v) is 17.1. The molecule has 4 rings (SSSR count). The van der Waals surface area contributed by atoms with Gasteiger partial charge < -0.3 is 25.7 Å². The highest BCUT2D eigenvalue weighted by atomic mass is 16.5. The molecule has 9 heteroatoms. The minimum absolute atomic E-state index is 0.264. The average Bonchev–Trinajstić information content (AvgIpc) is 3.34. The number of rotatable bonds is 6. The molecule has 4 aromatic rings. The highest BCUT2D eigenvalue weighted by Crippen LogP contribution is 2.22. The number of amides is 2. The van der Waals surface area contributed by atoms with Crippen molar-refractivity contribution in [1.82, 2.24) is 15.0 Å². The van der Waals surface area contributed by atoms with Crippen molar-refractivity contribution in [3.63, 3.8) is 0 Å². The summed E-state index contributed by atoms with van der Waals surface area (Å²) in [6.07, 6.45) is 5.36. The molecule has 0 bridgehead atoms. The van der Waals surface area contributed by atoms with Gasteiger partial charge >= 0.3 is 12.0 Å². The Balaban J connectivity index is 1.44. The Hall–Kier alpha value is -4.66. The highest BCUT2D eigenvalue weighted by molar-refractivity contribution is 6.05. The van der Waals surface area contributed by atoms with Gasteiger partial charge in [0.1, 0.15) is 0 Å². The van der Waals surface area contributed by atoms with E-state index in [0.29, 0.717) is 23.0 Å². The van der Waals surface area contributed by atoms with Crippen LogP contribution in [0.2, 0.25) is 0 Å². The number of ether oxygens (including phenoxy) is 1. The number of anilines is 4. The van der Waals surface area contributed by atoms with E-state index in [-0.39, 0.29) is 5.56 Å². The van der Waals surface area contributed by atoms with Crippen molar-refractivity contribution in [2.45, 2.75) is 0 Å². The number of methoxy groups -OCH3 is 1. The lowest BCUT2D eigenvalue weighted by Gasteiger charge is -2.12. The minimum Gasteiger partial charge on any atom is -0.465 e. The molecule has 0 aliphatic carbocycles. The van der Waals surface area contributed by atoms with Crippen molar-refractivity contribution >= 4 is 35.0 Å². The Bertz CT molecular complexity index is 1240. The van der Waals surface area contributed by atoms with Crippen LogP contribution in [0.1, 0.15) is 10.4 Å². The smallest absolute Gasteiger partial charge is 0.339 e. The van der Waals surface area contributed by atoms with E-state index in [1.807, 2.05) is 30.6 Å². The first-order valence-electron chi connectivity index (χ1n) is 9.71. The molecule has 9 nitrogen and oxygen atoms in total. The van der Waals surface area contributed by atoms with E-state index in [2.05, 4.69) is 30.9 Å².